The lowest BCUT2D eigenvalue weighted by atomic mass is 9.93. The molecule has 2 heteroatoms. The molecule has 0 saturated carbocycles. The van der Waals surface area contributed by atoms with E-state index in [0.29, 0.717) is 12.0 Å². The van der Waals surface area contributed by atoms with Gasteiger partial charge in [0.1, 0.15) is 0 Å². The molecular weight excluding hydrogens is 250 g/mol. The number of thioether (sulfide) groups is 1. The number of fused-ring (bicyclic) bond motifs is 2. The normalized spacial score (nSPS) is 23.8. The van der Waals surface area contributed by atoms with Crippen molar-refractivity contribution in [2.75, 3.05) is 11.1 Å². The van der Waals surface area contributed by atoms with E-state index in [1.54, 1.807) is 5.56 Å². The highest BCUT2D eigenvalue weighted by atomic mass is 32.2. The zero-order valence-electron chi connectivity index (χ0n) is 10.8. The average Bonchev–Trinajstić information content (AvgIpc) is 3.03. The third-order valence-electron chi connectivity index (χ3n) is 4.21. The minimum Gasteiger partial charge on any atom is -0.382 e. The summed E-state index contributed by atoms with van der Waals surface area (Å²) in [5.41, 5.74) is 4.38. The quantitative estimate of drug-likeness (QED) is 0.870. The van der Waals surface area contributed by atoms with Gasteiger partial charge in [-0.1, -0.05) is 36.4 Å². The molecule has 4 rings (SSSR count). The van der Waals surface area contributed by atoms with Crippen molar-refractivity contribution in [3.8, 4) is 0 Å². The highest BCUT2D eigenvalue weighted by Crippen LogP contribution is 2.42. The molecule has 1 nitrogen and oxygen atoms in total. The molecule has 2 aliphatic heterocycles. The van der Waals surface area contributed by atoms with Gasteiger partial charge in [0.15, 0.2) is 0 Å². The number of rotatable bonds is 2. The van der Waals surface area contributed by atoms with Crippen LogP contribution < -0.4 is 5.32 Å². The van der Waals surface area contributed by atoms with Gasteiger partial charge in [-0.25, -0.2) is 0 Å². The van der Waals surface area contributed by atoms with Crippen molar-refractivity contribution >= 4 is 17.4 Å². The number of hydrogen-bond acceptors (Lipinski definition) is 2. The lowest BCUT2D eigenvalue weighted by Gasteiger charge is -2.17. The highest BCUT2D eigenvalue weighted by Gasteiger charge is 2.28. The Hall–Kier alpha value is -1.41. The lowest BCUT2D eigenvalue weighted by Crippen LogP contribution is -2.19. The molecule has 0 amide bonds. The molecule has 0 aliphatic carbocycles. The van der Waals surface area contributed by atoms with Crippen molar-refractivity contribution in [3.05, 3.63) is 59.7 Å². The molecule has 0 fully saturated rings. The second-order valence-electron chi connectivity index (χ2n) is 5.48. The van der Waals surface area contributed by atoms with Gasteiger partial charge >= 0.3 is 0 Å². The molecule has 2 atom stereocenters. The average molecular weight is 267 g/mol. The predicted molar refractivity (Wildman–Crippen MR) is 82.1 cm³/mol. The first kappa shape index (κ1) is 11.4. The van der Waals surface area contributed by atoms with E-state index in [0.717, 1.165) is 0 Å². The maximum Gasteiger partial charge on any atom is 0.0375 e. The minimum absolute atomic E-state index is 0.606. The van der Waals surface area contributed by atoms with Gasteiger partial charge in [-0.3, -0.25) is 0 Å². The largest absolute Gasteiger partial charge is 0.382 e. The number of para-hydroxylation sites is 1. The van der Waals surface area contributed by atoms with E-state index in [9.17, 15) is 0 Å². The molecule has 0 spiro atoms. The van der Waals surface area contributed by atoms with Crippen LogP contribution in [0.4, 0.5) is 5.69 Å². The fraction of sp³-hybridized carbons (Fsp3) is 0.294. The Bertz CT molecular complexity index is 583. The molecule has 2 aromatic rings. The van der Waals surface area contributed by atoms with Crippen molar-refractivity contribution < 1.29 is 0 Å². The second-order valence-corrected chi connectivity index (χ2v) is 6.55. The highest BCUT2D eigenvalue weighted by molar-refractivity contribution is 7.99. The molecular formula is C17H17NS. The molecule has 1 N–H and O–H groups in total. The smallest absolute Gasteiger partial charge is 0.0375 e. The van der Waals surface area contributed by atoms with E-state index in [-0.39, 0.29) is 0 Å². The third-order valence-corrected chi connectivity index (χ3v) is 5.46. The van der Waals surface area contributed by atoms with Crippen molar-refractivity contribution in [2.24, 2.45) is 0 Å². The van der Waals surface area contributed by atoms with E-state index >= 15 is 0 Å². The zero-order valence-corrected chi connectivity index (χ0v) is 11.6. The summed E-state index contributed by atoms with van der Waals surface area (Å²) in [6, 6.07) is 18.2. The van der Waals surface area contributed by atoms with Gasteiger partial charge in [0.2, 0.25) is 0 Å². The summed E-state index contributed by atoms with van der Waals surface area (Å²) >= 11 is 2.02. The Morgan fingerprint density at radius 3 is 2.84 bits per heavy atom. The van der Waals surface area contributed by atoms with Crippen LogP contribution in [0.2, 0.25) is 0 Å². The summed E-state index contributed by atoms with van der Waals surface area (Å²) in [4.78, 5) is 1.49. The molecule has 2 unspecified atom stereocenters. The van der Waals surface area contributed by atoms with Crippen LogP contribution in [0, 0.1) is 0 Å². The van der Waals surface area contributed by atoms with E-state index < -0.39 is 0 Å². The van der Waals surface area contributed by atoms with Crippen LogP contribution in [0.3, 0.4) is 0 Å². The van der Waals surface area contributed by atoms with E-state index in [1.807, 2.05) is 11.8 Å². The molecule has 2 heterocycles. The van der Waals surface area contributed by atoms with Crippen molar-refractivity contribution in [1.82, 2.24) is 0 Å². The van der Waals surface area contributed by atoms with Crippen LogP contribution >= 0.6 is 11.8 Å². The number of nitrogens with one attached hydrogen (secondary N) is 1. The third kappa shape index (κ3) is 2.04. The Morgan fingerprint density at radius 2 is 1.89 bits per heavy atom. The Balaban J connectivity index is 1.50. The first-order chi connectivity index (χ1) is 9.40. The van der Waals surface area contributed by atoms with Crippen LogP contribution in [0.1, 0.15) is 23.5 Å². The molecule has 19 heavy (non-hydrogen) atoms. The van der Waals surface area contributed by atoms with Gasteiger partial charge < -0.3 is 5.32 Å². The standard InChI is InChI=1S/C17H17NS/c1-3-7-16-12(5-1)9-14(18-16)10-13-11-19-17-8-4-2-6-15(13)17/h1-8,13-14,18H,9-11H2. The Morgan fingerprint density at radius 1 is 1.05 bits per heavy atom. The Labute approximate surface area is 118 Å². The summed E-state index contributed by atoms with van der Waals surface area (Å²) < 4.78 is 0. The van der Waals surface area contributed by atoms with Crippen LogP contribution in [0.15, 0.2) is 53.4 Å². The zero-order chi connectivity index (χ0) is 12.7. The lowest BCUT2D eigenvalue weighted by molar-refractivity contribution is 0.600. The van der Waals surface area contributed by atoms with E-state index in [2.05, 4.69) is 53.8 Å². The monoisotopic (exact) mass is 267 g/mol. The molecule has 0 saturated heterocycles. The van der Waals surface area contributed by atoms with E-state index in [1.165, 1.54) is 34.7 Å². The van der Waals surface area contributed by atoms with Crippen LogP contribution in [-0.4, -0.2) is 11.8 Å². The maximum atomic E-state index is 3.68. The van der Waals surface area contributed by atoms with Crippen LogP contribution in [0.25, 0.3) is 0 Å². The molecule has 0 bridgehead atoms. The fourth-order valence-corrected chi connectivity index (χ4v) is 4.56. The van der Waals surface area contributed by atoms with Crippen molar-refractivity contribution in [1.29, 1.82) is 0 Å². The van der Waals surface area contributed by atoms with Gasteiger partial charge in [-0.05, 0) is 42.0 Å². The molecule has 0 aromatic heterocycles. The summed E-state index contributed by atoms with van der Waals surface area (Å²) in [5.74, 6) is 1.96. The van der Waals surface area contributed by atoms with Gasteiger partial charge in [-0.2, -0.15) is 0 Å². The first-order valence-electron chi connectivity index (χ1n) is 6.96. The summed E-state index contributed by atoms with van der Waals surface area (Å²) in [7, 11) is 0. The molecule has 96 valence electrons. The summed E-state index contributed by atoms with van der Waals surface area (Å²) in [6.07, 6.45) is 2.43. The topological polar surface area (TPSA) is 12.0 Å². The SMILES string of the molecule is c1ccc2c(c1)CC(CC1CSc3ccccc31)N2. The van der Waals surface area contributed by atoms with Crippen LogP contribution in [0.5, 0.6) is 0 Å². The minimum atomic E-state index is 0.606. The number of benzene rings is 2. The first-order valence-corrected chi connectivity index (χ1v) is 7.95. The number of anilines is 1. The predicted octanol–water partition coefficient (Wildman–Crippen LogP) is 4.30. The molecule has 2 aliphatic rings. The van der Waals surface area contributed by atoms with E-state index in [4.69, 9.17) is 0 Å². The van der Waals surface area contributed by atoms with Crippen molar-refractivity contribution in [2.45, 2.75) is 29.7 Å². The van der Waals surface area contributed by atoms with Gasteiger partial charge in [0.25, 0.3) is 0 Å². The van der Waals surface area contributed by atoms with Gasteiger partial charge in [0.05, 0.1) is 0 Å². The van der Waals surface area contributed by atoms with Gasteiger partial charge in [0, 0.05) is 22.4 Å². The number of hydrogen-bond donors (Lipinski definition) is 1. The van der Waals surface area contributed by atoms with Gasteiger partial charge in [-0.15, -0.1) is 11.8 Å². The second kappa shape index (κ2) is 4.61. The maximum absolute atomic E-state index is 3.68. The summed E-state index contributed by atoms with van der Waals surface area (Å²) in [6.45, 7) is 0. The Kier molecular flexibility index (Phi) is 2.77. The van der Waals surface area contributed by atoms with Crippen LogP contribution in [-0.2, 0) is 6.42 Å². The summed E-state index contributed by atoms with van der Waals surface area (Å²) in [5, 5.41) is 3.68. The fourth-order valence-electron chi connectivity index (χ4n) is 3.29. The van der Waals surface area contributed by atoms with Crippen molar-refractivity contribution in [3.63, 3.8) is 0 Å². The molecule has 2 aromatic carbocycles. The molecule has 0 radical (unpaired) electrons.